The van der Waals surface area contributed by atoms with E-state index in [1.54, 1.807) is 0 Å². The molecule has 0 heterocycles. The van der Waals surface area contributed by atoms with Crippen LogP contribution in [0.1, 0.15) is 46.5 Å². The molecule has 0 aromatic rings. The molecule has 90 valence electrons. The van der Waals surface area contributed by atoms with Crippen molar-refractivity contribution >= 4 is 11.8 Å². The first kappa shape index (κ1) is 13.3. The summed E-state index contributed by atoms with van der Waals surface area (Å²) in [5, 5.41) is 14.2. The van der Waals surface area contributed by atoms with Crippen LogP contribution in [0.15, 0.2) is 0 Å². The van der Waals surface area contributed by atoms with Crippen LogP contribution in [0.3, 0.4) is 0 Å². The Bertz CT molecular complexity index is 191. The van der Waals surface area contributed by atoms with Gasteiger partial charge in [0.15, 0.2) is 0 Å². The van der Waals surface area contributed by atoms with Gasteiger partial charge in [0.25, 0.3) is 0 Å². The predicted octanol–water partition coefficient (Wildman–Crippen LogP) is 2.41. The maximum atomic E-state index is 9.87. The summed E-state index contributed by atoms with van der Waals surface area (Å²) in [4.78, 5) is 0. The van der Waals surface area contributed by atoms with Gasteiger partial charge in [-0.05, 0) is 46.3 Å². The zero-order valence-corrected chi connectivity index (χ0v) is 11.2. The molecule has 0 radical (unpaired) electrons. The van der Waals surface area contributed by atoms with Gasteiger partial charge in [-0.1, -0.05) is 6.42 Å². The lowest BCUT2D eigenvalue weighted by molar-refractivity contribution is 0.0379. The van der Waals surface area contributed by atoms with E-state index in [2.05, 4.69) is 18.5 Å². The van der Waals surface area contributed by atoms with Crippen molar-refractivity contribution in [1.29, 1.82) is 0 Å². The average Bonchev–Trinajstić information content (AvgIpc) is 2.16. The number of thioether (sulfide) groups is 1. The molecule has 0 amide bonds. The highest BCUT2D eigenvalue weighted by Gasteiger charge is 2.27. The maximum Gasteiger partial charge on any atom is 0.0741 e. The number of rotatable bonds is 4. The molecular weight excluding hydrogens is 206 g/mol. The van der Waals surface area contributed by atoms with Gasteiger partial charge in [-0.3, -0.25) is 0 Å². The van der Waals surface area contributed by atoms with E-state index in [4.69, 9.17) is 0 Å². The summed E-state index contributed by atoms with van der Waals surface area (Å²) in [6.45, 7) is 5.82. The predicted molar refractivity (Wildman–Crippen MR) is 68.5 cm³/mol. The van der Waals surface area contributed by atoms with Crippen molar-refractivity contribution in [1.82, 2.24) is 5.32 Å². The SMILES string of the molecule is CSC1CCCC(NC(C)C(C)(C)O)C1. The van der Waals surface area contributed by atoms with E-state index in [9.17, 15) is 5.11 Å². The van der Waals surface area contributed by atoms with Crippen LogP contribution in [-0.2, 0) is 0 Å². The first-order valence-corrected chi connectivity index (χ1v) is 7.23. The molecule has 1 aliphatic rings. The van der Waals surface area contributed by atoms with Crippen LogP contribution in [0.2, 0.25) is 0 Å². The lowest BCUT2D eigenvalue weighted by atomic mass is 9.92. The van der Waals surface area contributed by atoms with E-state index in [1.165, 1.54) is 25.7 Å². The Morgan fingerprint density at radius 2 is 2.07 bits per heavy atom. The van der Waals surface area contributed by atoms with Crippen molar-refractivity contribution in [2.75, 3.05) is 6.26 Å². The monoisotopic (exact) mass is 231 g/mol. The van der Waals surface area contributed by atoms with Gasteiger partial charge in [0.05, 0.1) is 5.60 Å². The van der Waals surface area contributed by atoms with Crippen molar-refractivity contribution in [2.24, 2.45) is 0 Å². The fraction of sp³-hybridized carbons (Fsp3) is 1.00. The molecular formula is C12H25NOS. The minimum absolute atomic E-state index is 0.170. The third-order valence-electron chi connectivity index (χ3n) is 3.50. The third kappa shape index (κ3) is 4.33. The molecule has 0 spiro atoms. The summed E-state index contributed by atoms with van der Waals surface area (Å²) >= 11 is 1.98. The second kappa shape index (κ2) is 5.55. The molecule has 3 unspecified atom stereocenters. The lowest BCUT2D eigenvalue weighted by Gasteiger charge is -2.35. The van der Waals surface area contributed by atoms with Crippen molar-refractivity contribution < 1.29 is 5.11 Å². The molecule has 0 saturated heterocycles. The number of hydrogen-bond acceptors (Lipinski definition) is 3. The molecule has 3 heteroatoms. The summed E-state index contributed by atoms with van der Waals surface area (Å²) < 4.78 is 0. The van der Waals surface area contributed by atoms with Crippen molar-refractivity contribution in [3.8, 4) is 0 Å². The van der Waals surface area contributed by atoms with Crippen LogP contribution < -0.4 is 5.32 Å². The second-order valence-electron chi connectivity index (χ2n) is 5.26. The second-order valence-corrected chi connectivity index (χ2v) is 6.40. The summed E-state index contributed by atoms with van der Waals surface area (Å²) in [6, 6.07) is 0.765. The van der Waals surface area contributed by atoms with E-state index in [-0.39, 0.29) is 6.04 Å². The lowest BCUT2D eigenvalue weighted by Crippen LogP contribution is -2.50. The molecule has 1 rings (SSSR count). The molecule has 1 fully saturated rings. The average molecular weight is 231 g/mol. The standard InChI is InChI=1S/C12H25NOS/c1-9(12(2,3)14)13-10-6-5-7-11(8-10)15-4/h9-11,13-14H,5-8H2,1-4H3. The Balaban J connectivity index is 2.38. The van der Waals surface area contributed by atoms with Crippen LogP contribution in [0.5, 0.6) is 0 Å². The minimum atomic E-state index is -0.619. The Kier molecular flexibility index (Phi) is 4.94. The quantitative estimate of drug-likeness (QED) is 0.779. The Labute approximate surface area is 98.2 Å². The van der Waals surface area contributed by atoms with Crippen LogP contribution >= 0.6 is 11.8 Å². The van der Waals surface area contributed by atoms with Crippen molar-refractivity contribution in [3.05, 3.63) is 0 Å². The van der Waals surface area contributed by atoms with Gasteiger partial charge in [0.1, 0.15) is 0 Å². The van der Waals surface area contributed by atoms with E-state index in [0.29, 0.717) is 6.04 Å². The summed E-state index contributed by atoms with van der Waals surface area (Å²) in [7, 11) is 0. The van der Waals surface area contributed by atoms with Crippen LogP contribution in [0, 0.1) is 0 Å². The van der Waals surface area contributed by atoms with Crippen molar-refractivity contribution in [2.45, 2.75) is 69.4 Å². The summed E-state index contributed by atoms with van der Waals surface area (Å²) in [5.74, 6) is 0. The molecule has 1 aliphatic carbocycles. The van der Waals surface area contributed by atoms with Gasteiger partial charge in [0.2, 0.25) is 0 Å². The maximum absolute atomic E-state index is 9.87. The topological polar surface area (TPSA) is 32.3 Å². The molecule has 1 saturated carbocycles. The van der Waals surface area contributed by atoms with Gasteiger partial charge < -0.3 is 10.4 Å². The van der Waals surface area contributed by atoms with Gasteiger partial charge in [0, 0.05) is 17.3 Å². The normalized spacial score (nSPS) is 30.2. The molecule has 2 nitrogen and oxygen atoms in total. The minimum Gasteiger partial charge on any atom is -0.389 e. The van der Waals surface area contributed by atoms with Gasteiger partial charge in [-0.15, -0.1) is 0 Å². The molecule has 3 atom stereocenters. The summed E-state index contributed by atoms with van der Waals surface area (Å²) in [5.41, 5.74) is -0.619. The molecule has 2 N–H and O–H groups in total. The highest BCUT2D eigenvalue weighted by molar-refractivity contribution is 7.99. The fourth-order valence-electron chi connectivity index (χ4n) is 2.07. The molecule has 0 aromatic heterocycles. The van der Waals surface area contributed by atoms with E-state index < -0.39 is 5.60 Å². The highest BCUT2D eigenvalue weighted by Crippen LogP contribution is 2.27. The Morgan fingerprint density at radius 3 is 2.60 bits per heavy atom. The molecule has 0 bridgehead atoms. The zero-order valence-electron chi connectivity index (χ0n) is 10.4. The van der Waals surface area contributed by atoms with Crippen LogP contribution in [-0.4, -0.2) is 34.3 Å². The van der Waals surface area contributed by atoms with Crippen LogP contribution in [0.4, 0.5) is 0 Å². The zero-order chi connectivity index (χ0) is 11.5. The largest absolute Gasteiger partial charge is 0.389 e. The molecule has 0 aliphatic heterocycles. The van der Waals surface area contributed by atoms with Gasteiger partial charge in [-0.25, -0.2) is 0 Å². The first-order valence-electron chi connectivity index (χ1n) is 5.94. The Hall–Kier alpha value is 0.270. The smallest absolute Gasteiger partial charge is 0.0741 e. The van der Waals surface area contributed by atoms with Crippen LogP contribution in [0.25, 0.3) is 0 Å². The number of aliphatic hydroxyl groups is 1. The first-order chi connectivity index (χ1) is 6.93. The fourth-order valence-corrected chi connectivity index (χ4v) is 2.90. The van der Waals surface area contributed by atoms with Crippen molar-refractivity contribution in [3.63, 3.8) is 0 Å². The highest BCUT2D eigenvalue weighted by atomic mass is 32.2. The third-order valence-corrected chi connectivity index (χ3v) is 4.60. The van der Waals surface area contributed by atoms with Gasteiger partial charge in [-0.2, -0.15) is 11.8 Å². The van der Waals surface area contributed by atoms with E-state index in [0.717, 1.165) is 5.25 Å². The van der Waals surface area contributed by atoms with E-state index >= 15 is 0 Å². The summed E-state index contributed by atoms with van der Waals surface area (Å²) in [6.07, 6.45) is 7.39. The number of hydrogen-bond donors (Lipinski definition) is 2. The molecule has 15 heavy (non-hydrogen) atoms. The Morgan fingerprint density at radius 1 is 1.40 bits per heavy atom. The molecule has 0 aromatic carbocycles. The number of nitrogens with one attached hydrogen (secondary N) is 1. The van der Waals surface area contributed by atoms with Gasteiger partial charge >= 0.3 is 0 Å². The van der Waals surface area contributed by atoms with E-state index in [1.807, 2.05) is 25.6 Å².